The van der Waals surface area contributed by atoms with E-state index in [0.29, 0.717) is 0 Å². The van der Waals surface area contributed by atoms with Crippen molar-refractivity contribution in [2.75, 3.05) is 5.32 Å². The minimum Gasteiger partial charge on any atom is -0.380 e. The number of fused-ring (bicyclic) bond motifs is 1. The molecule has 2 aromatic heterocycles. The lowest BCUT2D eigenvalue weighted by Crippen LogP contribution is -1.96. The second kappa shape index (κ2) is 5.01. The Kier molecular flexibility index (Phi) is 3.21. The second-order valence-electron chi connectivity index (χ2n) is 4.48. The highest BCUT2D eigenvalue weighted by molar-refractivity contribution is 7.11. The van der Waals surface area contributed by atoms with Crippen molar-refractivity contribution >= 4 is 28.1 Å². The Hall–Kier alpha value is -1.88. The van der Waals surface area contributed by atoms with E-state index in [9.17, 15) is 0 Å². The van der Waals surface area contributed by atoms with Crippen molar-refractivity contribution in [1.82, 2.24) is 15.0 Å². The summed E-state index contributed by atoms with van der Waals surface area (Å²) in [6.45, 7) is 4.91. The Morgan fingerprint density at radius 2 is 2.26 bits per heavy atom. The van der Waals surface area contributed by atoms with Gasteiger partial charge in [-0.1, -0.05) is 6.92 Å². The lowest BCUT2D eigenvalue weighted by molar-refractivity contribution is 1.09. The Labute approximate surface area is 115 Å². The van der Waals surface area contributed by atoms with Gasteiger partial charge in [-0.2, -0.15) is 0 Å². The summed E-state index contributed by atoms with van der Waals surface area (Å²) in [5.74, 6) is 0.946. The van der Waals surface area contributed by atoms with Crippen molar-refractivity contribution in [3.63, 3.8) is 0 Å². The molecular weight excluding hydrogens is 256 g/mol. The predicted molar refractivity (Wildman–Crippen MR) is 79.6 cm³/mol. The third-order valence-corrected chi connectivity index (χ3v) is 4.11. The van der Waals surface area contributed by atoms with Gasteiger partial charge in [0.2, 0.25) is 0 Å². The molecule has 2 heterocycles. The van der Waals surface area contributed by atoms with Gasteiger partial charge in [-0.25, -0.2) is 9.97 Å². The zero-order valence-corrected chi connectivity index (χ0v) is 11.8. The van der Waals surface area contributed by atoms with Gasteiger partial charge >= 0.3 is 0 Å². The number of anilines is 1. The van der Waals surface area contributed by atoms with E-state index < -0.39 is 0 Å². The number of aryl methyl sites for hydroxylation is 2. The maximum absolute atomic E-state index is 4.40. The number of thiazole rings is 1. The summed E-state index contributed by atoms with van der Waals surface area (Å²) in [4.78, 5) is 13.3. The van der Waals surface area contributed by atoms with Crippen LogP contribution in [0.25, 0.3) is 11.0 Å². The van der Waals surface area contributed by atoms with E-state index in [0.717, 1.165) is 35.5 Å². The van der Waals surface area contributed by atoms with E-state index >= 15 is 0 Å². The summed E-state index contributed by atoms with van der Waals surface area (Å²) < 4.78 is 0. The first-order valence-corrected chi connectivity index (χ1v) is 7.20. The first kappa shape index (κ1) is 12.2. The van der Waals surface area contributed by atoms with Crippen molar-refractivity contribution in [3.05, 3.63) is 40.1 Å². The molecule has 0 bridgehead atoms. The Balaban J connectivity index is 1.73. The van der Waals surface area contributed by atoms with E-state index in [1.54, 1.807) is 11.3 Å². The summed E-state index contributed by atoms with van der Waals surface area (Å²) in [5, 5.41) is 4.61. The molecule has 0 radical (unpaired) electrons. The van der Waals surface area contributed by atoms with Crippen LogP contribution < -0.4 is 5.32 Å². The second-order valence-corrected chi connectivity index (χ2v) is 5.68. The van der Waals surface area contributed by atoms with Crippen LogP contribution in [-0.2, 0) is 13.0 Å². The Morgan fingerprint density at radius 3 is 3.05 bits per heavy atom. The fourth-order valence-electron chi connectivity index (χ4n) is 2.03. The van der Waals surface area contributed by atoms with E-state index in [4.69, 9.17) is 0 Å². The van der Waals surface area contributed by atoms with Crippen molar-refractivity contribution in [3.8, 4) is 0 Å². The van der Waals surface area contributed by atoms with Gasteiger partial charge in [0.1, 0.15) is 5.82 Å². The number of aromatic nitrogens is 3. The number of aromatic amines is 1. The van der Waals surface area contributed by atoms with Crippen molar-refractivity contribution in [1.29, 1.82) is 0 Å². The molecule has 0 saturated carbocycles. The van der Waals surface area contributed by atoms with Crippen LogP contribution in [0.3, 0.4) is 0 Å². The number of hydrogen-bond acceptors (Lipinski definition) is 4. The largest absolute Gasteiger partial charge is 0.380 e. The predicted octanol–water partition coefficient (Wildman–Crippen LogP) is 3.50. The van der Waals surface area contributed by atoms with Crippen LogP contribution >= 0.6 is 11.3 Å². The fraction of sp³-hybridized carbons (Fsp3) is 0.286. The maximum Gasteiger partial charge on any atom is 0.104 e. The lowest BCUT2D eigenvalue weighted by Gasteiger charge is -2.03. The molecule has 3 aromatic rings. The number of nitrogens with one attached hydrogen (secondary N) is 2. The van der Waals surface area contributed by atoms with Gasteiger partial charge in [0.05, 0.1) is 22.6 Å². The van der Waals surface area contributed by atoms with Crippen molar-refractivity contribution in [2.24, 2.45) is 0 Å². The number of imidazole rings is 1. The Bertz CT molecular complexity index is 698. The molecule has 98 valence electrons. The molecule has 0 saturated heterocycles. The summed E-state index contributed by atoms with van der Waals surface area (Å²) in [7, 11) is 0. The first-order chi connectivity index (χ1) is 9.24. The minimum absolute atomic E-state index is 0.816. The quantitative estimate of drug-likeness (QED) is 0.764. The average molecular weight is 272 g/mol. The number of hydrogen-bond donors (Lipinski definition) is 2. The van der Waals surface area contributed by atoms with Crippen molar-refractivity contribution in [2.45, 2.75) is 26.8 Å². The van der Waals surface area contributed by atoms with Crippen LogP contribution in [0, 0.1) is 6.92 Å². The highest BCUT2D eigenvalue weighted by Crippen LogP contribution is 2.19. The van der Waals surface area contributed by atoms with Gasteiger partial charge in [-0.15, -0.1) is 11.3 Å². The number of benzene rings is 1. The summed E-state index contributed by atoms with van der Waals surface area (Å²) in [6, 6.07) is 6.19. The molecular formula is C14H16N4S. The summed E-state index contributed by atoms with van der Waals surface area (Å²) in [6.07, 6.45) is 2.96. The summed E-state index contributed by atoms with van der Waals surface area (Å²) in [5.41, 5.74) is 3.18. The van der Waals surface area contributed by atoms with Crippen LogP contribution in [0.2, 0.25) is 0 Å². The van der Waals surface area contributed by atoms with Crippen LogP contribution in [0.1, 0.15) is 22.6 Å². The Morgan fingerprint density at radius 1 is 1.37 bits per heavy atom. The van der Waals surface area contributed by atoms with Gasteiger partial charge in [0.15, 0.2) is 0 Å². The molecule has 19 heavy (non-hydrogen) atoms. The topological polar surface area (TPSA) is 53.6 Å². The van der Waals surface area contributed by atoms with Gasteiger partial charge in [-0.3, -0.25) is 0 Å². The first-order valence-electron chi connectivity index (χ1n) is 6.38. The van der Waals surface area contributed by atoms with Gasteiger partial charge in [-0.05, 0) is 31.5 Å². The third-order valence-electron chi connectivity index (χ3n) is 2.97. The zero-order chi connectivity index (χ0) is 13.2. The molecule has 4 nitrogen and oxygen atoms in total. The molecule has 0 aliphatic rings. The molecule has 5 heteroatoms. The zero-order valence-electron chi connectivity index (χ0n) is 11.0. The highest BCUT2D eigenvalue weighted by Gasteiger charge is 2.02. The smallest absolute Gasteiger partial charge is 0.104 e. The molecule has 0 aliphatic heterocycles. The number of nitrogens with zero attached hydrogens (tertiary/aromatic N) is 2. The fourth-order valence-corrected chi connectivity index (χ4v) is 2.83. The van der Waals surface area contributed by atoms with Gasteiger partial charge in [0.25, 0.3) is 0 Å². The molecule has 0 aliphatic carbocycles. The van der Waals surface area contributed by atoms with Crippen LogP contribution in [0.15, 0.2) is 24.4 Å². The summed E-state index contributed by atoms with van der Waals surface area (Å²) >= 11 is 1.77. The van der Waals surface area contributed by atoms with E-state index in [2.05, 4.69) is 39.3 Å². The molecule has 0 spiro atoms. The normalized spacial score (nSPS) is 11.1. The van der Waals surface area contributed by atoms with Crippen molar-refractivity contribution < 1.29 is 0 Å². The van der Waals surface area contributed by atoms with E-state index in [1.165, 1.54) is 9.88 Å². The molecule has 1 aromatic carbocycles. The molecule has 3 rings (SSSR count). The number of rotatable bonds is 4. The molecule has 0 atom stereocenters. The van der Waals surface area contributed by atoms with Crippen LogP contribution in [0.4, 0.5) is 5.69 Å². The average Bonchev–Trinajstić information content (AvgIpc) is 3.00. The molecule has 0 unspecified atom stereocenters. The standard InChI is InChI=1S/C14H16N4S/c1-3-14-16-8-11(19-14)7-15-10-4-5-12-13(6-10)18-9(2)17-12/h4-6,8,15H,3,7H2,1-2H3,(H,17,18). The third kappa shape index (κ3) is 2.61. The van der Waals surface area contributed by atoms with E-state index in [-0.39, 0.29) is 0 Å². The lowest BCUT2D eigenvalue weighted by atomic mass is 10.3. The molecule has 2 N–H and O–H groups in total. The monoisotopic (exact) mass is 272 g/mol. The van der Waals surface area contributed by atoms with Crippen LogP contribution in [-0.4, -0.2) is 15.0 Å². The highest BCUT2D eigenvalue weighted by atomic mass is 32.1. The van der Waals surface area contributed by atoms with Gasteiger partial charge in [0, 0.05) is 16.8 Å². The molecule has 0 fully saturated rings. The molecule has 0 amide bonds. The minimum atomic E-state index is 0.816. The SMILES string of the molecule is CCc1ncc(CNc2ccc3nc(C)[nH]c3c2)s1. The van der Waals surface area contributed by atoms with Crippen LogP contribution in [0.5, 0.6) is 0 Å². The maximum atomic E-state index is 4.40. The van der Waals surface area contributed by atoms with E-state index in [1.807, 2.05) is 19.2 Å². The van der Waals surface area contributed by atoms with Gasteiger partial charge < -0.3 is 10.3 Å². The number of H-pyrrole nitrogens is 1.